The van der Waals surface area contributed by atoms with E-state index in [-0.39, 0.29) is 0 Å². The molecule has 258 valence electrons. The van der Waals surface area contributed by atoms with E-state index in [1.165, 1.54) is 90.2 Å². The van der Waals surface area contributed by atoms with E-state index in [9.17, 15) is 0 Å². The van der Waals surface area contributed by atoms with E-state index in [4.69, 9.17) is 0 Å². The van der Waals surface area contributed by atoms with Crippen LogP contribution in [0.5, 0.6) is 0 Å². The number of anilines is 3. The van der Waals surface area contributed by atoms with Gasteiger partial charge in [0.2, 0.25) is 0 Å². The van der Waals surface area contributed by atoms with Crippen molar-refractivity contribution in [2.45, 2.75) is 0 Å². The third-order valence-electron chi connectivity index (χ3n) is 10.8. The fraction of sp³-hybridized carbons (Fsp3) is 0. The van der Waals surface area contributed by atoms with Crippen molar-refractivity contribution in [3.8, 4) is 33.4 Å². The molecule has 0 aliphatic heterocycles. The summed E-state index contributed by atoms with van der Waals surface area (Å²) in [4.78, 5) is 2.48. The first-order valence-corrected chi connectivity index (χ1v) is 20.3. The van der Waals surface area contributed by atoms with Gasteiger partial charge < -0.3 is 4.90 Å². The number of nitrogens with zero attached hydrogens (tertiary/aromatic N) is 1. The SMILES string of the molecule is c1ccc(-c2cc(-c3cccc4c3sc3ccccc34)cc(N(c3ccc(-c4cccc5ccccc45)cc3)c3cccc4c3sc3ccccc34)c2)cc1. The quantitative estimate of drug-likeness (QED) is 0.164. The molecular weight excluding hydrogens is 703 g/mol. The molecule has 0 amide bonds. The van der Waals surface area contributed by atoms with E-state index in [1.807, 2.05) is 22.7 Å². The second kappa shape index (κ2) is 13.1. The Hall–Kier alpha value is -6.52. The van der Waals surface area contributed by atoms with Crippen LogP contribution in [0, 0.1) is 0 Å². The Kier molecular flexibility index (Phi) is 7.61. The smallest absolute Gasteiger partial charge is 0.0640 e. The lowest BCUT2D eigenvalue weighted by Gasteiger charge is -2.28. The van der Waals surface area contributed by atoms with E-state index >= 15 is 0 Å². The van der Waals surface area contributed by atoms with Gasteiger partial charge in [0.25, 0.3) is 0 Å². The zero-order valence-electron chi connectivity index (χ0n) is 29.8. The van der Waals surface area contributed by atoms with Crippen LogP contribution in [0.2, 0.25) is 0 Å². The van der Waals surface area contributed by atoms with Gasteiger partial charge in [-0.25, -0.2) is 0 Å². The summed E-state index contributed by atoms with van der Waals surface area (Å²) in [6.07, 6.45) is 0. The monoisotopic (exact) mass is 735 g/mol. The van der Waals surface area contributed by atoms with Crippen LogP contribution in [-0.2, 0) is 0 Å². The molecule has 0 spiro atoms. The van der Waals surface area contributed by atoms with Crippen molar-refractivity contribution in [1.82, 2.24) is 0 Å². The maximum atomic E-state index is 2.48. The van der Waals surface area contributed by atoms with Crippen molar-refractivity contribution < 1.29 is 0 Å². The molecule has 3 heteroatoms. The van der Waals surface area contributed by atoms with Crippen LogP contribution >= 0.6 is 22.7 Å². The number of rotatable bonds is 6. The fourth-order valence-corrected chi connectivity index (χ4v) is 10.7. The molecule has 0 bridgehead atoms. The first kappa shape index (κ1) is 32.0. The average molecular weight is 736 g/mol. The molecular formula is C52H33NS2. The predicted molar refractivity (Wildman–Crippen MR) is 241 cm³/mol. The Morgan fingerprint density at radius 3 is 1.65 bits per heavy atom. The van der Waals surface area contributed by atoms with Crippen LogP contribution in [0.15, 0.2) is 200 Å². The van der Waals surface area contributed by atoms with Crippen molar-refractivity contribution in [1.29, 1.82) is 0 Å². The van der Waals surface area contributed by atoms with Crippen LogP contribution in [-0.4, -0.2) is 0 Å². The summed E-state index contributed by atoms with van der Waals surface area (Å²) in [7, 11) is 0. The highest BCUT2D eigenvalue weighted by molar-refractivity contribution is 7.26. The molecule has 11 rings (SSSR count). The lowest BCUT2D eigenvalue weighted by Crippen LogP contribution is -2.10. The third kappa shape index (κ3) is 5.43. The van der Waals surface area contributed by atoms with Gasteiger partial charge in [0, 0.05) is 47.0 Å². The molecule has 0 unspecified atom stereocenters. The molecule has 0 radical (unpaired) electrons. The van der Waals surface area contributed by atoms with Gasteiger partial charge in [-0.3, -0.25) is 0 Å². The van der Waals surface area contributed by atoms with Crippen LogP contribution in [0.1, 0.15) is 0 Å². The summed E-state index contributed by atoms with van der Waals surface area (Å²) in [6, 6.07) is 73.5. The van der Waals surface area contributed by atoms with E-state index in [1.54, 1.807) is 0 Å². The summed E-state index contributed by atoms with van der Waals surface area (Å²) >= 11 is 3.76. The van der Waals surface area contributed by atoms with E-state index in [0.717, 1.165) is 11.4 Å². The molecule has 0 aliphatic rings. The zero-order chi connectivity index (χ0) is 36.3. The van der Waals surface area contributed by atoms with Crippen LogP contribution in [0.4, 0.5) is 17.1 Å². The summed E-state index contributed by atoms with van der Waals surface area (Å²) < 4.78 is 5.21. The lowest BCUT2D eigenvalue weighted by atomic mass is 9.96. The zero-order valence-corrected chi connectivity index (χ0v) is 31.4. The highest BCUT2D eigenvalue weighted by Gasteiger charge is 2.21. The van der Waals surface area contributed by atoms with Gasteiger partial charge in [-0.2, -0.15) is 0 Å². The maximum absolute atomic E-state index is 2.48. The predicted octanol–water partition coefficient (Wildman–Crippen LogP) is 16.0. The maximum Gasteiger partial charge on any atom is 0.0640 e. The average Bonchev–Trinajstić information content (AvgIpc) is 3.83. The van der Waals surface area contributed by atoms with Crippen molar-refractivity contribution >= 4 is 90.9 Å². The fourth-order valence-electron chi connectivity index (χ4n) is 8.27. The van der Waals surface area contributed by atoms with Gasteiger partial charge in [-0.05, 0) is 92.7 Å². The molecule has 55 heavy (non-hydrogen) atoms. The van der Waals surface area contributed by atoms with Crippen molar-refractivity contribution in [3.63, 3.8) is 0 Å². The second-order valence-electron chi connectivity index (χ2n) is 14.1. The topological polar surface area (TPSA) is 3.24 Å². The van der Waals surface area contributed by atoms with Gasteiger partial charge in [0.1, 0.15) is 0 Å². The highest BCUT2D eigenvalue weighted by Crippen LogP contribution is 2.48. The Balaban J connectivity index is 1.17. The largest absolute Gasteiger partial charge is 0.309 e. The standard InChI is InChI=1S/C52H33NS2/c1-2-13-34(14-3-1)37-31-38(43-21-11-22-46-44-18-6-8-25-49(44)54-51(43)46)33-40(32-37)53(48-24-12-23-47-45-19-7-9-26-50(45)55-52(47)48)39-29-27-36(28-30-39)42-20-10-16-35-15-4-5-17-41(35)42/h1-33H. The normalized spacial score (nSPS) is 11.6. The van der Waals surface area contributed by atoms with Crippen LogP contribution in [0.3, 0.4) is 0 Å². The molecule has 0 N–H and O–H groups in total. The molecule has 11 aromatic rings. The molecule has 2 aromatic heterocycles. The highest BCUT2D eigenvalue weighted by atomic mass is 32.1. The first-order valence-electron chi connectivity index (χ1n) is 18.7. The van der Waals surface area contributed by atoms with Gasteiger partial charge >= 0.3 is 0 Å². The second-order valence-corrected chi connectivity index (χ2v) is 16.2. The number of thiophene rings is 2. The number of hydrogen-bond donors (Lipinski definition) is 0. The minimum atomic E-state index is 1.12. The Morgan fingerprint density at radius 2 is 0.873 bits per heavy atom. The summed E-state index contributed by atoms with van der Waals surface area (Å²) in [6.45, 7) is 0. The van der Waals surface area contributed by atoms with Crippen molar-refractivity contribution in [3.05, 3.63) is 200 Å². The molecule has 1 nitrogen and oxygen atoms in total. The number of fused-ring (bicyclic) bond motifs is 7. The van der Waals surface area contributed by atoms with Gasteiger partial charge in [-0.15, -0.1) is 22.7 Å². The van der Waals surface area contributed by atoms with Crippen LogP contribution < -0.4 is 4.90 Å². The molecule has 0 saturated carbocycles. The van der Waals surface area contributed by atoms with Gasteiger partial charge in [0.15, 0.2) is 0 Å². The molecule has 0 saturated heterocycles. The van der Waals surface area contributed by atoms with Gasteiger partial charge in [0.05, 0.1) is 10.4 Å². The van der Waals surface area contributed by atoms with Gasteiger partial charge in [-0.1, -0.05) is 152 Å². The van der Waals surface area contributed by atoms with E-state index in [0.29, 0.717) is 0 Å². The van der Waals surface area contributed by atoms with Crippen LogP contribution in [0.25, 0.3) is 84.5 Å². The van der Waals surface area contributed by atoms with E-state index in [2.05, 4.69) is 205 Å². The van der Waals surface area contributed by atoms with Crippen molar-refractivity contribution in [2.24, 2.45) is 0 Å². The molecule has 9 aromatic carbocycles. The molecule has 0 aliphatic carbocycles. The van der Waals surface area contributed by atoms with Crippen molar-refractivity contribution in [2.75, 3.05) is 4.90 Å². The van der Waals surface area contributed by atoms with E-state index < -0.39 is 0 Å². The molecule has 0 fully saturated rings. The summed E-state index contributed by atoms with van der Waals surface area (Å²) in [5.41, 5.74) is 10.7. The minimum absolute atomic E-state index is 1.12. The first-order chi connectivity index (χ1) is 27.3. The lowest BCUT2D eigenvalue weighted by molar-refractivity contribution is 1.30. The molecule has 2 heterocycles. The molecule has 0 atom stereocenters. The Morgan fingerprint density at radius 1 is 0.309 bits per heavy atom. The Bertz CT molecular complexity index is 3200. The third-order valence-corrected chi connectivity index (χ3v) is 13.3. The minimum Gasteiger partial charge on any atom is -0.309 e. The summed E-state index contributed by atoms with van der Waals surface area (Å²) in [5, 5.41) is 7.71. The number of benzene rings is 9. The Labute approximate surface area is 327 Å². The summed E-state index contributed by atoms with van der Waals surface area (Å²) in [5.74, 6) is 0. The number of hydrogen-bond acceptors (Lipinski definition) is 3.